The molecule has 0 spiro atoms. The lowest BCUT2D eigenvalue weighted by Gasteiger charge is -2.15. The summed E-state index contributed by atoms with van der Waals surface area (Å²) in [5.41, 5.74) is 3.43. The van der Waals surface area contributed by atoms with Crippen LogP contribution >= 0.6 is 11.6 Å². The van der Waals surface area contributed by atoms with Crippen LogP contribution in [0, 0.1) is 11.3 Å². The lowest BCUT2D eigenvalue weighted by atomic mass is 9.92. The van der Waals surface area contributed by atoms with Gasteiger partial charge in [-0.2, -0.15) is 5.26 Å². The van der Waals surface area contributed by atoms with E-state index >= 15 is 0 Å². The third-order valence-corrected chi connectivity index (χ3v) is 6.00. The molecule has 2 aliphatic heterocycles. The largest absolute Gasteiger partial charge is 0.494 e. The molecule has 28 heavy (non-hydrogen) atoms. The molecule has 140 valence electrons. The maximum atomic E-state index is 10.7. The Balaban J connectivity index is 1.58. The monoisotopic (exact) mass is 392 g/mol. The lowest BCUT2D eigenvalue weighted by molar-refractivity contribution is 0.0683. The van der Waals surface area contributed by atoms with Crippen molar-refractivity contribution in [3.05, 3.63) is 75.8 Å². The minimum atomic E-state index is -0.496. The second kappa shape index (κ2) is 6.30. The summed E-state index contributed by atoms with van der Waals surface area (Å²) in [5, 5.41) is 31.5. The fourth-order valence-electron chi connectivity index (χ4n) is 4.38. The number of aromatic nitrogens is 1. The number of aromatic hydroxyl groups is 2. The highest BCUT2D eigenvalue weighted by Crippen LogP contribution is 2.58. The van der Waals surface area contributed by atoms with Crippen molar-refractivity contribution in [2.45, 2.75) is 31.0 Å². The van der Waals surface area contributed by atoms with Crippen LogP contribution in [0.5, 0.6) is 11.8 Å². The highest BCUT2D eigenvalue weighted by atomic mass is 35.5. The molecule has 1 aromatic heterocycles. The van der Waals surface area contributed by atoms with Gasteiger partial charge in [0.05, 0.1) is 41.0 Å². The minimum absolute atomic E-state index is 0.0107. The number of benzene rings is 2. The van der Waals surface area contributed by atoms with E-state index in [1.54, 1.807) is 18.2 Å². The summed E-state index contributed by atoms with van der Waals surface area (Å²) in [4.78, 5) is 0. The van der Waals surface area contributed by atoms with E-state index in [1.165, 1.54) is 4.57 Å². The van der Waals surface area contributed by atoms with E-state index < -0.39 is 5.92 Å². The van der Waals surface area contributed by atoms with Gasteiger partial charge in [0.1, 0.15) is 0 Å². The van der Waals surface area contributed by atoms with Crippen LogP contribution < -0.4 is 0 Å². The van der Waals surface area contributed by atoms with E-state index in [4.69, 9.17) is 16.3 Å². The molecule has 0 saturated carbocycles. The predicted molar refractivity (Wildman–Crippen MR) is 104 cm³/mol. The van der Waals surface area contributed by atoms with Gasteiger partial charge in [0.2, 0.25) is 11.8 Å². The molecule has 3 atom stereocenters. The smallest absolute Gasteiger partial charge is 0.205 e. The van der Waals surface area contributed by atoms with Crippen LogP contribution in [0.2, 0.25) is 5.02 Å². The first-order chi connectivity index (χ1) is 13.6. The number of ether oxygens (including phenoxy) is 1. The van der Waals surface area contributed by atoms with Crippen molar-refractivity contribution in [1.29, 1.82) is 5.26 Å². The van der Waals surface area contributed by atoms with E-state index in [0.29, 0.717) is 27.4 Å². The Bertz CT molecular complexity index is 1080. The molecule has 3 aromatic rings. The highest BCUT2D eigenvalue weighted by Gasteiger charge is 2.45. The maximum absolute atomic E-state index is 10.7. The molecular weight excluding hydrogens is 376 g/mol. The number of rotatable bonds is 3. The molecule has 2 bridgehead atoms. The quantitative estimate of drug-likeness (QED) is 0.649. The van der Waals surface area contributed by atoms with Gasteiger partial charge >= 0.3 is 0 Å². The van der Waals surface area contributed by atoms with E-state index in [2.05, 4.69) is 6.07 Å². The minimum Gasteiger partial charge on any atom is -0.494 e. The fourth-order valence-corrected chi connectivity index (χ4v) is 4.67. The molecule has 5 nitrogen and oxygen atoms in total. The van der Waals surface area contributed by atoms with Crippen LogP contribution in [0.1, 0.15) is 53.2 Å². The predicted octanol–water partition coefficient (Wildman–Crippen LogP) is 5.10. The fraction of sp³-hybridized carbons (Fsp3) is 0.227. The van der Waals surface area contributed by atoms with Gasteiger partial charge in [-0.3, -0.25) is 4.57 Å². The summed E-state index contributed by atoms with van der Waals surface area (Å²) in [6.45, 7) is 0. The second-order valence-corrected chi connectivity index (χ2v) is 7.59. The third-order valence-electron chi connectivity index (χ3n) is 5.67. The number of nitrogens with zero attached hydrogens (tertiary/aromatic N) is 2. The van der Waals surface area contributed by atoms with Crippen molar-refractivity contribution in [3.63, 3.8) is 0 Å². The first kappa shape index (κ1) is 17.2. The van der Waals surface area contributed by atoms with Crippen LogP contribution in [-0.4, -0.2) is 14.8 Å². The van der Waals surface area contributed by atoms with Crippen LogP contribution in [0.3, 0.4) is 0 Å². The van der Waals surface area contributed by atoms with E-state index in [0.717, 1.165) is 18.4 Å². The topological polar surface area (TPSA) is 78.4 Å². The number of fused-ring (bicyclic) bond motifs is 5. The average Bonchev–Trinajstić information content (AvgIpc) is 3.38. The van der Waals surface area contributed by atoms with Crippen molar-refractivity contribution in [2.75, 3.05) is 0 Å². The standard InChI is InChI=1S/C22H17ClN2O3/c23-16-10-13(6-7-14(16)15(11-24)12-4-2-1-3-5-12)25-21(26)19-17-8-9-18(28-17)20(19)22(25)27/h1-7,10,15,17-18,26-27H,8-9H2/t15?,17-,18+. The van der Waals surface area contributed by atoms with E-state index in [1.807, 2.05) is 30.3 Å². The van der Waals surface area contributed by atoms with Crippen LogP contribution in [0.25, 0.3) is 5.69 Å². The summed E-state index contributed by atoms with van der Waals surface area (Å²) in [6.07, 6.45) is 1.36. The molecule has 2 aliphatic rings. The van der Waals surface area contributed by atoms with Crippen molar-refractivity contribution in [1.82, 2.24) is 4.57 Å². The molecule has 1 unspecified atom stereocenters. The van der Waals surface area contributed by atoms with Gasteiger partial charge < -0.3 is 14.9 Å². The molecule has 0 aliphatic carbocycles. The summed E-state index contributed by atoms with van der Waals surface area (Å²) >= 11 is 6.52. The number of hydrogen-bond acceptors (Lipinski definition) is 4. The van der Waals surface area contributed by atoms with Crippen molar-refractivity contribution in [3.8, 4) is 23.5 Å². The first-order valence-corrected chi connectivity index (χ1v) is 9.54. The van der Waals surface area contributed by atoms with Gasteiger partial charge in [0.25, 0.3) is 0 Å². The summed E-state index contributed by atoms with van der Waals surface area (Å²) in [7, 11) is 0. The zero-order valence-electron chi connectivity index (χ0n) is 14.8. The van der Waals surface area contributed by atoms with Crippen molar-refractivity contribution in [2.24, 2.45) is 0 Å². The number of nitriles is 1. The Labute approximate surface area is 167 Å². The number of halogens is 1. The molecule has 6 heteroatoms. The Morgan fingerprint density at radius 2 is 1.68 bits per heavy atom. The number of hydrogen-bond donors (Lipinski definition) is 2. The van der Waals surface area contributed by atoms with E-state index in [-0.39, 0.29) is 24.0 Å². The Morgan fingerprint density at radius 3 is 2.25 bits per heavy atom. The molecule has 1 fully saturated rings. The van der Waals surface area contributed by atoms with Crippen molar-refractivity contribution >= 4 is 11.6 Å². The van der Waals surface area contributed by atoms with Gasteiger partial charge in [-0.25, -0.2) is 0 Å². The van der Waals surface area contributed by atoms with Crippen LogP contribution in [0.4, 0.5) is 0 Å². The third kappa shape index (κ3) is 2.35. The van der Waals surface area contributed by atoms with Gasteiger partial charge in [-0.05, 0) is 36.1 Å². The second-order valence-electron chi connectivity index (χ2n) is 7.18. The van der Waals surface area contributed by atoms with Gasteiger partial charge in [-0.1, -0.05) is 48.0 Å². The molecule has 5 rings (SSSR count). The highest BCUT2D eigenvalue weighted by molar-refractivity contribution is 6.31. The first-order valence-electron chi connectivity index (χ1n) is 9.16. The van der Waals surface area contributed by atoms with Crippen molar-refractivity contribution < 1.29 is 14.9 Å². The SMILES string of the molecule is N#CC(c1ccccc1)c1ccc(-n2c(O)c3c(c2O)[C@H]2CC[C@@H]3O2)cc1Cl. The Hall–Kier alpha value is -2.94. The molecule has 0 radical (unpaired) electrons. The van der Waals surface area contributed by atoms with Gasteiger partial charge in [0.15, 0.2) is 0 Å². The lowest BCUT2D eigenvalue weighted by Crippen LogP contribution is -2.01. The summed E-state index contributed by atoms with van der Waals surface area (Å²) < 4.78 is 7.18. The summed E-state index contributed by atoms with van der Waals surface area (Å²) in [5.74, 6) is -0.518. The molecular formula is C22H17ClN2O3. The normalized spacial score (nSPS) is 20.7. The van der Waals surface area contributed by atoms with Gasteiger partial charge in [-0.15, -0.1) is 0 Å². The molecule has 2 aromatic carbocycles. The maximum Gasteiger partial charge on any atom is 0.205 e. The summed E-state index contributed by atoms with van der Waals surface area (Å²) in [6, 6.07) is 16.9. The van der Waals surface area contributed by atoms with Gasteiger partial charge in [0, 0.05) is 5.02 Å². The molecule has 3 heterocycles. The molecule has 1 saturated heterocycles. The Morgan fingerprint density at radius 1 is 1.04 bits per heavy atom. The Kier molecular flexibility index (Phi) is 3.87. The molecule has 2 N–H and O–H groups in total. The molecule has 0 amide bonds. The average molecular weight is 393 g/mol. The van der Waals surface area contributed by atoms with E-state index in [9.17, 15) is 15.5 Å². The van der Waals surface area contributed by atoms with Crippen LogP contribution in [0.15, 0.2) is 48.5 Å². The zero-order chi connectivity index (χ0) is 19.4. The van der Waals surface area contributed by atoms with Crippen LogP contribution in [-0.2, 0) is 4.74 Å². The zero-order valence-corrected chi connectivity index (χ0v) is 15.6.